The zero-order chi connectivity index (χ0) is 28.5. The normalized spacial score (nSPS) is 11.7. The molecule has 12 nitrogen and oxygen atoms in total. The van der Waals surface area contributed by atoms with E-state index in [1.807, 2.05) is 13.8 Å². The van der Waals surface area contributed by atoms with Crippen LogP contribution in [0.2, 0.25) is 0 Å². The lowest BCUT2D eigenvalue weighted by Crippen LogP contribution is -2.44. The van der Waals surface area contributed by atoms with Crippen molar-refractivity contribution in [3.05, 3.63) is 40.8 Å². The molecule has 3 amide bonds. The highest BCUT2D eigenvalue weighted by molar-refractivity contribution is 5.97. The lowest BCUT2D eigenvalue weighted by Gasteiger charge is -2.18. The first-order valence-corrected chi connectivity index (χ1v) is 12.7. The molecule has 1 aromatic rings. The van der Waals surface area contributed by atoms with Crippen LogP contribution in [0.4, 0.5) is 5.69 Å². The third-order valence-electron chi connectivity index (χ3n) is 5.71. The Morgan fingerprint density at radius 1 is 1.08 bits per heavy atom. The number of pyridine rings is 1. The van der Waals surface area contributed by atoms with Crippen molar-refractivity contribution in [2.75, 3.05) is 18.5 Å². The second-order valence-electron chi connectivity index (χ2n) is 8.58. The summed E-state index contributed by atoms with van der Waals surface area (Å²) in [6.45, 7) is 6.23. The van der Waals surface area contributed by atoms with E-state index in [9.17, 15) is 28.8 Å². The van der Waals surface area contributed by atoms with Gasteiger partial charge in [0.25, 0.3) is 5.56 Å². The van der Waals surface area contributed by atoms with Gasteiger partial charge >= 0.3 is 11.9 Å². The van der Waals surface area contributed by atoms with Gasteiger partial charge < -0.3 is 30.4 Å². The van der Waals surface area contributed by atoms with Gasteiger partial charge in [0.05, 0.1) is 13.0 Å². The summed E-state index contributed by atoms with van der Waals surface area (Å²) in [5.74, 6) is -3.05. The van der Waals surface area contributed by atoms with Crippen LogP contribution in [0, 0.1) is 5.92 Å². The number of carboxylic acids is 1. The van der Waals surface area contributed by atoms with E-state index in [1.54, 1.807) is 6.92 Å². The van der Waals surface area contributed by atoms with Crippen molar-refractivity contribution in [1.29, 1.82) is 0 Å². The quantitative estimate of drug-likeness (QED) is 0.172. The molecule has 0 radical (unpaired) electrons. The van der Waals surface area contributed by atoms with Gasteiger partial charge in [-0.15, -0.1) is 0 Å². The van der Waals surface area contributed by atoms with Gasteiger partial charge in [0, 0.05) is 25.2 Å². The molecule has 0 saturated carbocycles. The maximum absolute atomic E-state index is 13.0. The fourth-order valence-electron chi connectivity index (χ4n) is 3.41. The summed E-state index contributed by atoms with van der Waals surface area (Å²) in [6, 6.07) is 1.77. The number of nitrogens with one attached hydrogen (secondary N) is 3. The Bertz CT molecular complexity index is 1050. The SMILES string of the molecule is CCOC(=O)C=CCC[C@H](NC(=O)CCC(=O)O)C(=O)Nc1cccn(CC(=O)NCC(CC)CC)c1=O. The van der Waals surface area contributed by atoms with Crippen LogP contribution in [0.3, 0.4) is 0 Å². The summed E-state index contributed by atoms with van der Waals surface area (Å²) in [6.07, 6.45) is 5.50. The minimum Gasteiger partial charge on any atom is -0.481 e. The number of carbonyl (C=O) groups excluding carboxylic acids is 4. The maximum atomic E-state index is 13.0. The zero-order valence-electron chi connectivity index (χ0n) is 22.2. The molecule has 0 aliphatic carbocycles. The molecule has 1 atom stereocenters. The molecule has 0 aromatic carbocycles. The van der Waals surface area contributed by atoms with E-state index in [0.29, 0.717) is 12.5 Å². The topological polar surface area (TPSA) is 173 Å². The summed E-state index contributed by atoms with van der Waals surface area (Å²) in [4.78, 5) is 72.6. The van der Waals surface area contributed by atoms with E-state index in [0.717, 1.165) is 12.8 Å². The van der Waals surface area contributed by atoms with E-state index < -0.39 is 41.8 Å². The van der Waals surface area contributed by atoms with E-state index >= 15 is 0 Å². The number of hydrogen-bond donors (Lipinski definition) is 4. The summed E-state index contributed by atoms with van der Waals surface area (Å²) >= 11 is 0. The number of rotatable bonds is 17. The molecule has 4 N–H and O–H groups in total. The number of aromatic nitrogens is 1. The summed E-state index contributed by atoms with van der Waals surface area (Å²) in [7, 11) is 0. The molecule has 1 heterocycles. The Labute approximate surface area is 221 Å². The molecule has 0 unspecified atom stereocenters. The highest BCUT2D eigenvalue weighted by atomic mass is 16.5. The number of esters is 1. The molecular formula is C26H38N4O8. The molecule has 0 fully saturated rings. The predicted molar refractivity (Wildman–Crippen MR) is 140 cm³/mol. The van der Waals surface area contributed by atoms with Crippen LogP contribution < -0.4 is 21.5 Å². The maximum Gasteiger partial charge on any atom is 0.330 e. The van der Waals surface area contributed by atoms with E-state index in [2.05, 4.69) is 16.0 Å². The second-order valence-corrected chi connectivity index (χ2v) is 8.58. The molecule has 0 aliphatic rings. The summed E-state index contributed by atoms with van der Waals surface area (Å²) < 4.78 is 5.96. The highest BCUT2D eigenvalue weighted by Gasteiger charge is 2.22. The molecule has 1 rings (SSSR count). The fourth-order valence-corrected chi connectivity index (χ4v) is 3.41. The molecule has 0 spiro atoms. The van der Waals surface area contributed by atoms with Gasteiger partial charge in [0.1, 0.15) is 18.3 Å². The van der Waals surface area contributed by atoms with Crippen molar-refractivity contribution in [1.82, 2.24) is 15.2 Å². The van der Waals surface area contributed by atoms with Crippen LogP contribution in [-0.2, 0) is 35.3 Å². The summed E-state index contributed by atoms with van der Waals surface area (Å²) in [5.41, 5.74) is -0.686. The zero-order valence-corrected chi connectivity index (χ0v) is 22.2. The van der Waals surface area contributed by atoms with Gasteiger partial charge in [-0.05, 0) is 37.8 Å². The Balaban J connectivity index is 2.92. The molecule has 12 heteroatoms. The Morgan fingerprint density at radius 3 is 2.42 bits per heavy atom. The fraction of sp³-hybridized carbons (Fsp3) is 0.538. The Kier molecular flexibility index (Phi) is 14.8. The van der Waals surface area contributed by atoms with Crippen molar-refractivity contribution < 1.29 is 33.8 Å². The first-order valence-electron chi connectivity index (χ1n) is 12.7. The van der Waals surface area contributed by atoms with E-state index in [4.69, 9.17) is 9.84 Å². The van der Waals surface area contributed by atoms with Crippen LogP contribution >= 0.6 is 0 Å². The highest BCUT2D eigenvalue weighted by Crippen LogP contribution is 2.07. The molecule has 0 bridgehead atoms. The standard InChI is InChI=1S/C26H38N4O8/c1-4-18(5-2)16-27-22(32)17-30-15-9-11-20(26(30)37)29-25(36)19(28-21(31)13-14-23(33)34)10-7-8-12-24(35)38-6-3/h8-9,11-12,15,18-19H,4-7,10,13-14,16-17H2,1-3H3,(H,27,32)(H,28,31)(H,29,36)(H,33,34)/t19-/m0/s1. The van der Waals surface area contributed by atoms with Gasteiger partial charge in [-0.2, -0.15) is 0 Å². The number of carbonyl (C=O) groups is 5. The number of ether oxygens (including phenoxy) is 1. The van der Waals surface area contributed by atoms with Crippen molar-refractivity contribution in [2.45, 2.75) is 71.9 Å². The van der Waals surface area contributed by atoms with Gasteiger partial charge in [0.15, 0.2) is 0 Å². The smallest absolute Gasteiger partial charge is 0.330 e. The molecule has 0 aliphatic heterocycles. The van der Waals surface area contributed by atoms with Gasteiger partial charge in [-0.3, -0.25) is 24.0 Å². The third kappa shape index (κ3) is 12.3. The van der Waals surface area contributed by atoms with E-state index in [1.165, 1.54) is 35.0 Å². The first kappa shape index (κ1) is 32.1. The minimum absolute atomic E-state index is 0.0694. The Hall–Kier alpha value is -3.96. The van der Waals surface area contributed by atoms with E-state index in [-0.39, 0.29) is 44.0 Å². The molecule has 38 heavy (non-hydrogen) atoms. The lowest BCUT2D eigenvalue weighted by atomic mass is 10.0. The van der Waals surface area contributed by atoms with Crippen LogP contribution in [0.1, 0.15) is 59.3 Å². The number of aliphatic carboxylic acids is 1. The summed E-state index contributed by atoms with van der Waals surface area (Å²) in [5, 5.41) is 16.6. The van der Waals surface area contributed by atoms with Gasteiger partial charge in [-0.1, -0.05) is 32.8 Å². The first-order chi connectivity index (χ1) is 18.1. The van der Waals surface area contributed by atoms with Crippen LogP contribution in [0.15, 0.2) is 35.3 Å². The number of carboxylic acid groups (broad SMARTS) is 1. The van der Waals surface area contributed by atoms with Crippen LogP contribution in [0.5, 0.6) is 0 Å². The molecule has 1 aromatic heterocycles. The average molecular weight is 535 g/mol. The van der Waals surface area contributed by atoms with Gasteiger partial charge in [-0.25, -0.2) is 4.79 Å². The minimum atomic E-state index is -1.16. The van der Waals surface area contributed by atoms with Crippen LogP contribution in [0.25, 0.3) is 0 Å². The second kappa shape index (κ2) is 17.5. The van der Waals surface area contributed by atoms with Crippen molar-refractivity contribution >= 4 is 35.3 Å². The van der Waals surface area contributed by atoms with Crippen molar-refractivity contribution in [2.24, 2.45) is 5.92 Å². The lowest BCUT2D eigenvalue weighted by molar-refractivity contribution is -0.139. The largest absolute Gasteiger partial charge is 0.481 e. The molecule has 0 saturated heterocycles. The number of allylic oxidation sites excluding steroid dienone is 1. The van der Waals surface area contributed by atoms with Crippen LogP contribution in [-0.4, -0.2) is 58.5 Å². The third-order valence-corrected chi connectivity index (χ3v) is 5.71. The number of nitrogens with zero attached hydrogens (tertiary/aromatic N) is 1. The predicted octanol–water partition coefficient (Wildman–Crippen LogP) is 1.59. The molecular weight excluding hydrogens is 496 g/mol. The molecule has 210 valence electrons. The monoisotopic (exact) mass is 534 g/mol. The van der Waals surface area contributed by atoms with Crippen molar-refractivity contribution in [3.63, 3.8) is 0 Å². The number of hydrogen-bond acceptors (Lipinski definition) is 7. The van der Waals surface area contributed by atoms with Gasteiger partial charge in [0.2, 0.25) is 17.7 Å². The van der Waals surface area contributed by atoms with Crippen molar-refractivity contribution in [3.8, 4) is 0 Å². The average Bonchev–Trinajstić information content (AvgIpc) is 2.87. The number of amides is 3. The number of anilines is 1. The Morgan fingerprint density at radius 2 is 1.79 bits per heavy atom.